The topological polar surface area (TPSA) is 47.7 Å². The van der Waals surface area contributed by atoms with E-state index >= 15 is 0 Å². The Morgan fingerprint density at radius 1 is 1.19 bits per heavy atom. The lowest BCUT2D eigenvalue weighted by molar-refractivity contribution is 0.199. The summed E-state index contributed by atoms with van der Waals surface area (Å²) in [4.78, 5) is 2.19. The molecular formula is C11H28N2O2Si. The van der Waals surface area contributed by atoms with Gasteiger partial charge in [-0.05, 0) is 59.0 Å². The summed E-state index contributed by atoms with van der Waals surface area (Å²) < 4.78 is 11.5. The minimum Gasteiger partial charge on any atom is -0.398 e. The number of unbranched alkanes of at least 4 members (excludes halogenated alkanes) is 1. The molecule has 16 heavy (non-hydrogen) atoms. The fourth-order valence-electron chi connectivity index (χ4n) is 1.48. The first kappa shape index (κ1) is 16.1. The number of nitrogens with zero attached hydrogens (tertiary/aromatic N) is 1. The van der Waals surface area contributed by atoms with Gasteiger partial charge in [-0.25, -0.2) is 0 Å². The molecule has 0 fully saturated rings. The first-order chi connectivity index (χ1) is 7.54. The zero-order chi connectivity index (χ0) is 12.4. The fourth-order valence-corrected chi connectivity index (χ4v) is 3.33. The van der Waals surface area contributed by atoms with Crippen LogP contribution in [-0.4, -0.2) is 54.4 Å². The Bertz CT molecular complexity index is 170. The summed E-state index contributed by atoms with van der Waals surface area (Å²) in [5, 5.41) is 0. The van der Waals surface area contributed by atoms with Gasteiger partial charge in [-0.2, -0.15) is 0 Å². The van der Waals surface area contributed by atoms with Gasteiger partial charge in [0.15, 0.2) is 0 Å². The van der Waals surface area contributed by atoms with Crippen molar-refractivity contribution in [2.75, 3.05) is 40.9 Å². The van der Waals surface area contributed by atoms with E-state index in [4.69, 9.17) is 14.6 Å². The highest BCUT2D eigenvalue weighted by atomic mass is 28.4. The Morgan fingerprint density at radius 2 is 1.88 bits per heavy atom. The molecule has 0 aliphatic heterocycles. The Balaban J connectivity index is 3.72. The maximum atomic E-state index is 5.91. The third-order valence-corrected chi connectivity index (χ3v) is 5.61. The molecule has 4 nitrogen and oxygen atoms in total. The molecule has 5 heteroatoms. The van der Waals surface area contributed by atoms with Gasteiger partial charge in [0.2, 0.25) is 0 Å². The highest BCUT2D eigenvalue weighted by Crippen LogP contribution is 2.15. The minimum absolute atomic E-state index is 0.745. The van der Waals surface area contributed by atoms with Crippen molar-refractivity contribution < 1.29 is 8.85 Å². The van der Waals surface area contributed by atoms with Crippen LogP contribution < -0.4 is 5.73 Å². The van der Waals surface area contributed by atoms with Gasteiger partial charge >= 0.3 is 8.56 Å². The second-order valence-corrected chi connectivity index (χ2v) is 8.05. The smallest absolute Gasteiger partial charge is 0.334 e. The van der Waals surface area contributed by atoms with E-state index in [0.29, 0.717) is 0 Å². The van der Waals surface area contributed by atoms with Crippen LogP contribution in [0, 0.1) is 0 Å². The van der Waals surface area contributed by atoms with Crippen molar-refractivity contribution in [3.63, 3.8) is 0 Å². The Morgan fingerprint density at radius 3 is 2.38 bits per heavy atom. The predicted octanol–water partition coefficient (Wildman–Crippen LogP) is 1.41. The monoisotopic (exact) mass is 248 g/mol. The summed E-state index contributed by atoms with van der Waals surface area (Å²) in [5.74, 6) is 0. The Hall–Kier alpha value is 0.0569. The molecule has 0 bridgehead atoms. The van der Waals surface area contributed by atoms with E-state index in [2.05, 4.69) is 25.5 Å². The van der Waals surface area contributed by atoms with E-state index in [-0.39, 0.29) is 0 Å². The highest BCUT2D eigenvalue weighted by Gasteiger charge is 2.29. The summed E-state index contributed by atoms with van der Waals surface area (Å²) in [6.07, 6.45) is 3.21. The number of hydrogen-bond acceptors (Lipinski definition) is 4. The molecule has 98 valence electrons. The van der Waals surface area contributed by atoms with Crippen molar-refractivity contribution in [1.82, 2.24) is 4.90 Å². The molecule has 0 rings (SSSR count). The average molecular weight is 248 g/mol. The van der Waals surface area contributed by atoms with Gasteiger partial charge in [0.25, 0.3) is 0 Å². The lowest BCUT2D eigenvalue weighted by Gasteiger charge is -2.25. The molecule has 0 aromatic heterocycles. The molecule has 0 aromatic carbocycles. The van der Waals surface area contributed by atoms with Gasteiger partial charge < -0.3 is 19.5 Å². The summed E-state index contributed by atoms with van der Waals surface area (Å²) in [5.41, 5.74) is 5.44. The molecule has 0 aliphatic carbocycles. The SMILES string of the molecule is CO[Si](C)(CCCN(C)C)OCCCCN. The second kappa shape index (κ2) is 9.12. The van der Waals surface area contributed by atoms with Crippen molar-refractivity contribution in [3.8, 4) is 0 Å². The maximum Gasteiger partial charge on any atom is 0.334 e. The predicted molar refractivity (Wildman–Crippen MR) is 70.8 cm³/mol. The lowest BCUT2D eigenvalue weighted by Crippen LogP contribution is -2.38. The van der Waals surface area contributed by atoms with Gasteiger partial charge in [-0.1, -0.05) is 0 Å². The quantitative estimate of drug-likeness (QED) is 0.469. The molecule has 0 spiro atoms. The van der Waals surface area contributed by atoms with Crippen LogP contribution >= 0.6 is 0 Å². The molecule has 1 unspecified atom stereocenters. The van der Waals surface area contributed by atoms with Crippen LogP contribution in [0.15, 0.2) is 0 Å². The normalized spacial score (nSPS) is 15.4. The standard InChI is InChI=1S/C11H28N2O2Si/c1-13(2)9-7-11-16(4,14-3)15-10-6-5-8-12/h5-12H2,1-4H3. The van der Waals surface area contributed by atoms with Crippen LogP contribution in [0.4, 0.5) is 0 Å². The first-order valence-electron chi connectivity index (χ1n) is 6.08. The van der Waals surface area contributed by atoms with E-state index < -0.39 is 8.56 Å². The number of hydrogen-bond donors (Lipinski definition) is 1. The van der Waals surface area contributed by atoms with Crippen LogP contribution in [0.25, 0.3) is 0 Å². The Kier molecular flexibility index (Phi) is 9.16. The van der Waals surface area contributed by atoms with Gasteiger partial charge in [0.05, 0.1) is 0 Å². The van der Waals surface area contributed by atoms with Crippen molar-refractivity contribution in [2.45, 2.75) is 31.9 Å². The fraction of sp³-hybridized carbons (Fsp3) is 1.00. The number of nitrogens with two attached hydrogens (primary N) is 1. The molecule has 0 saturated heterocycles. The van der Waals surface area contributed by atoms with Crippen molar-refractivity contribution in [1.29, 1.82) is 0 Å². The van der Waals surface area contributed by atoms with Crippen molar-refractivity contribution in [3.05, 3.63) is 0 Å². The molecular weight excluding hydrogens is 220 g/mol. The van der Waals surface area contributed by atoms with Crippen LogP contribution in [0.1, 0.15) is 19.3 Å². The van der Waals surface area contributed by atoms with Gasteiger partial charge in [-0.15, -0.1) is 0 Å². The molecule has 0 saturated carbocycles. The molecule has 1 atom stereocenters. The molecule has 0 amide bonds. The van der Waals surface area contributed by atoms with Crippen LogP contribution in [0.2, 0.25) is 12.6 Å². The third kappa shape index (κ3) is 8.24. The van der Waals surface area contributed by atoms with E-state index in [0.717, 1.165) is 45.0 Å². The molecule has 0 aliphatic rings. The zero-order valence-electron chi connectivity index (χ0n) is 11.3. The van der Waals surface area contributed by atoms with Gasteiger partial charge in [0.1, 0.15) is 0 Å². The zero-order valence-corrected chi connectivity index (χ0v) is 12.3. The second-order valence-electron chi connectivity index (χ2n) is 4.59. The third-order valence-electron chi connectivity index (χ3n) is 2.67. The van der Waals surface area contributed by atoms with Crippen LogP contribution in [0.5, 0.6) is 0 Å². The number of rotatable bonds is 10. The van der Waals surface area contributed by atoms with Crippen molar-refractivity contribution in [2.24, 2.45) is 5.73 Å². The van der Waals surface area contributed by atoms with Gasteiger partial charge in [-0.3, -0.25) is 0 Å². The largest absolute Gasteiger partial charge is 0.398 e. The van der Waals surface area contributed by atoms with Crippen LogP contribution in [-0.2, 0) is 8.85 Å². The van der Waals surface area contributed by atoms with E-state index in [1.807, 2.05) is 0 Å². The minimum atomic E-state index is -1.91. The molecule has 0 radical (unpaired) electrons. The Labute approximate surface area is 101 Å². The summed E-state index contributed by atoms with van der Waals surface area (Å²) in [6.45, 7) is 4.77. The first-order valence-corrected chi connectivity index (χ1v) is 8.60. The lowest BCUT2D eigenvalue weighted by atomic mass is 10.3. The average Bonchev–Trinajstić information content (AvgIpc) is 2.24. The summed E-state index contributed by atoms with van der Waals surface area (Å²) in [6, 6.07) is 1.06. The molecule has 0 aromatic rings. The maximum absolute atomic E-state index is 5.91. The van der Waals surface area contributed by atoms with Crippen LogP contribution in [0.3, 0.4) is 0 Å². The highest BCUT2D eigenvalue weighted by molar-refractivity contribution is 6.65. The van der Waals surface area contributed by atoms with Gasteiger partial charge in [0, 0.05) is 13.7 Å². The molecule has 0 heterocycles. The summed E-state index contributed by atoms with van der Waals surface area (Å²) in [7, 11) is 4.04. The molecule has 2 N–H and O–H groups in total. The van der Waals surface area contributed by atoms with E-state index in [9.17, 15) is 0 Å². The van der Waals surface area contributed by atoms with E-state index in [1.165, 1.54) is 0 Å². The van der Waals surface area contributed by atoms with Crippen molar-refractivity contribution >= 4 is 8.56 Å². The van der Waals surface area contributed by atoms with E-state index in [1.54, 1.807) is 7.11 Å². The summed E-state index contributed by atoms with van der Waals surface area (Å²) >= 11 is 0.